The molecule has 3 unspecified atom stereocenters. The van der Waals surface area contributed by atoms with Crippen LogP contribution in [0, 0.1) is 0 Å². The number of aliphatic carboxylic acids is 1. The molecule has 1 rings (SSSR count). The van der Waals surface area contributed by atoms with Crippen molar-refractivity contribution in [3.05, 3.63) is 0 Å². The molecule has 1 amide bonds. The van der Waals surface area contributed by atoms with Crippen molar-refractivity contribution in [2.24, 2.45) is 5.73 Å². The molecule has 5 nitrogen and oxygen atoms in total. The van der Waals surface area contributed by atoms with Crippen LogP contribution in [0.15, 0.2) is 0 Å². The molecule has 15 heavy (non-hydrogen) atoms. The van der Waals surface area contributed by atoms with E-state index in [0.29, 0.717) is 5.75 Å². The number of hydrogen-bond donors (Lipinski definition) is 2. The van der Waals surface area contributed by atoms with Gasteiger partial charge in [-0.3, -0.25) is 4.79 Å². The van der Waals surface area contributed by atoms with Gasteiger partial charge >= 0.3 is 5.97 Å². The van der Waals surface area contributed by atoms with Gasteiger partial charge in [-0.05, 0) is 13.8 Å². The molecule has 1 aliphatic rings. The van der Waals surface area contributed by atoms with Gasteiger partial charge in [-0.15, -0.1) is 11.8 Å². The minimum absolute atomic E-state index is 0.0719. The maximum atomic E-state index is 11.8. The van der Waals surface area contributed by atoms with E-state index in [0.717, 1.165) is 0 Å². The Morgan fingerprint density at radius 3 is 2.73 bits per heavy atom. The van der Waals surface area contributed by atoms with E-state index in [1.807, 2.05) is 6.92 Å². The van der Waals surface area contributed by atoms with Crippen LogP contribution in [0.2, 0.25) is 0 Å². The lowest BCUT2D eigenvalue weighted by Gasteiger charge is -2.25. The van der Waals surface area contributed by atoms with Gasteiger partial charge in [-0.25, -0.2) is 4.79 Å². The Labute approximate surface area is 93.0 Å². The van der Waals surface area contributed by atoms with Crippen LogP contribution in [0.25, 0.3) is 0 Å². The Morgan fingerprint density at radius 1 is 1.67 bits per heavy atom. The van der Waals surface area contributed by atoms with E-state index in [4.69, 9.17) is 10.8 Å². The molecule has 0 saturated carbocycles. The van der Waals surface area contributed by atoms with Crippen LogP contribution in [-0.4, -0.2) is 45.1 Å². The minimum Gasteiger partial charge on any atom is -0.480 e. The van der Waals surface area contributed by atoms with Crippen molar-refractivity contribution in [2.45, 2.75) is 37.7 Å². The van der Waals surface area contributed by atoms with Gasteiger partial charge in [0, 0.05) is 18.2 Å². The fourth-order valence-electron chi connectivity index (χ4n) is 1.59. The predicted molar refractivity (Wildman–Crippen MR) is 58.5 cm³/mol. The highest BCUT2D eigenvalue weighted by atomic mass is 32.2. The van der Waals surface area contributed by atoms with Gasteiger partial charge in [-0.1, -0.05) is 0 Å². The number of amides is 1. The second kappa shape index (κ2) is 4.85. The van der Waals surface area contributed by atoms with E-state index in [2.05, 4.69) is 0 Å². The molecule has 0 aromatic carbocycles. The Morgan fingerprint density at radius 2 is 2.27 bits per heavy atom. The molecule has 3 N–H and O–H groups in total. The van der Waals surface area contributed by atoms with Crippen molar-refractivity contribution in [1.29, 1.82) is 0 Å². The molecule has 1 fully saturated rings. The van der Waals surface area contributed by atoms with Crippen molar-refractivity contribution < 1.29 is 14.7 Å². The lowest BCUT2D eigenvalue weighted by atomic mass is 10.2. The highest BCUT2D eigenvalue weighted by Crippen LogP contribution is 2.29. The van der Waals surface area contributed by atoms with Crippen molar-refractivity contribution in [1.82, 2.24) is 4.90 Å². The van der Waals surface area contributed by atoms with Crippen LogP contribution in [0.5, 0.6) is 0 Å². The number of nitrogens with zero attached hydrogens (tertiary/aromatic N) is 1. The Bertz CT molecular complexity index is 270. The van der Waals surface area contributed by atoms with E-state index in [1.54, 1.807) is 6.92 Å². The van der Waals surface area contributed by atoms with Crippen molar-refractivity contribution >= 4 is 23.6 Å². The predicted octanol–water partition coefficient (Wildman–Crippen LogP) is 0.0983. The third-order valence-corrected chi connectivity index (χ3v) is 3.51. The highest BCUT2D eigenvalue weighted by Gasteiger charge is 2.39. The molecular weight excluding hydrogens is 216 g/mol. The summed E-state index contributed by atoms with van der Waals surface area (Å²) in [4.78, 5) is 24.1. The van der Waals surface area contributed by atoms with Gasteiger partial charge < -0.3 is 15.7 Å². The molecule has 0 aromatic rings. The fraction of sp³-hybridized carbons (Fsp3) is 0.778. The monoisotopic (exact) mass is 232 g/mol. The molecule has 1 heterocycles. The van der Waals surface area contributed by atoms with Gasteiger partial charge in [0.15, 0.2) is 0 Å². The average Bonchev–Trinajstić information content (AvgIpc) is 2.45. The topological polar surface area (TPSA) is 83.6 Å². The number of thioether (sulfide) groups is 1. The summed E-state index contributed by atoms with van der Waals surface area (Å²) in [6.45, 7) is 3.58. The maximum Gasteiger partial charge on any atom is 0.327 e. The molecule has 0 bridgehead atoms. The first-order valence-corrected chi connectivity index (χ1v) is 5.89. The molecule has 1 aliphatic heterocycles. The standard InChI is InChI=1S/C9H16N2O3S/c1-5(10)3-8(12)11-6(2)15-4-7(11)9(13)14/h5-7H,3-4,10H2,1-2H3,(H,13,14). The third kappa shape index (κ3) is 2.85. The summed E-state index contributed by atoms with van der Waals surface area (Å²) in [7, 11) is 0. The molecule has 86 valence electrons. The number of carboxylic acids is 1. The van der Waals surface area contributed by atoms with Gasteiger partial charge in [-0.2, -0.15) is 0 Å². The number of carbonyl (C=O) groups is 2. The molecular formula is C9H16N2O3S. The Balaban J connectivity index is 2.71. The Hall–Kier alpha value is -0.750. The van der Waals surface area contributed by atoms with Crippen LogP contribution in [0.1, 0.15) is 20.3 Å². The first kappa shape index (κ1) is 12.3. The summed E-state index contributed by atoms with van der Waals surface area (Å²) in [5.74, 6) is -0.652. The lowest BCUT2D eigenvalue weighted by molar-refractivity contribution is -0.149. The van der Waals surface area contributed by atoms with Gasteiger partial charge in [0.1, 0.15) is 6.04 Å². The van der Waals surface area contributed by atoms with Crippen LogP contribution in [0.3, 0.4) is 0 Å². The van der Waals surface area contributed by atoms with Crippen LogP contribution in [-0.2, 0) is 9.59 Å². The summed E-state index contributed by atoms with van der Waals surface area (Å²) in [5, 5.41) is 8.87. The first-order valence-electron chi connectivity index (χ1n) is 4.84. The summed E-state index contributed by atoms with van der Waals surface area (Å²) >= 11 is 1.48. The number of hydrogen-bond acceptors (Lipinski definition) is 4. The van der Waals surface area contributed by atoms with E-state index < -0.39 is 12.0 Å². The van der Waals surface area contributed by atoms with E-state index >= 15 is 0 Å². The summed E-state index contributed by atoms with van der Waals surface area (Å²) in [6.07, 6.45) is 0.203. The van der Waals surface area contributed by atoms with Crippen molar-refractivity contribution in [3.8, 4) is 0 Å². The first-order chi connectivity index (χ1) is 6.93. The van der Waals surface area contributed by atoms with Crippen molar-refractivity contribution in [3.63, 3.8) is 0 Å². The number of rotatable bonds is 3. The zero-order chi connectivity index (χ0) is 11.6. The van der Waals surface area contributed by atoms with Gasteiger partial charge in [0.2, 0.25) is 5.91 Å². The molecule has 0 radical (unpaired) electrons. The van der Waals surface area contributed by atoms with Crippen LogP contribution < -0.4 is 5.73 Å². The fourth-order valence-corrected chi connectivity index (χ4v) is 2.78. The SMILES string of the molecule is CC(N)CC(=O)N1C(C)SCC1C(=O)O. The smallest absolute Gasteiger partial charge is 0.327 e. The van der Waals surface area contributed by atoms with Gasteiger partial charge in [0.25, 0.3) is 0 Å². The van der Waals surface area contributed by atoms with Gasteiger partial charge in [0.05, 0.1) is 5.37 Å². The molecule has 0 spiro atoms. The molecule has 6 heteroatoms. The zero-order valence-electron chi connectivity index (χ0n) is 8.84. The zero-order valence-corrected chi connectivity index (χ0v) is 9.66. The maximum absolute atomic E-state index is 11.8. The highest BCUT2D eigenvalue weighted by molar-refractivity contribution is 8.00. The molecule has 3 atom stereocenters. The Kier molecular flexibility index (Phi) is 3.98. The summed E-state index contributed by atoms with van der Waals surface area (Å²) in [6, 6.07) is -0.930. The van der Waals surface area contributed by atoms with Crippen LogP contribution >= 0.6 is 11.8 Å². The summed E-state index contributed by atoms with van der Waals surface area (Å²) < 4.78 is 0. The number of carbonyl (C=O) groups excluding carboxylic acids is 1. The molecule has 0 aromatic heterocycles. The second-order valence-electron chi connectivity index (χ2n) is 3.77. The second-order valence-corrected chi connectivity index (χ2v) is 5.12. The largest absolute Gasteiger partial charge is 0.480 e. The third-order valence-electron chi connectivity index (χ3n) is 2.29. The van der Waals surface area contributed by atoms with E-state index in [1.165, 1.54) is 16.7 Å². The molecule has 1 saturated heterocycles. The van der Waals surface area contributed by atoms with E-state index in [-0.39, 0.29) is 23.7 Å². The summed E-state index contributed by atoms with van der Waals surface area (Å²) in [5.41, 5.74) is 5.53. The van der Waals surface area contributed by atoms with E-state index in [9.17, 15) is 9.59 Å². The van der Waals surface area contributed by atoms with Crippen LogP contribution in [0.4, 0.5) is 0 Å². The number of nitrogens with two attached hydrogens (primary N) is 1. The number of carboxylic acid groups (broad SMARTS) is 1. The molecule has 0 aliphatic carbocycles. The quantitative estimate of drug-likeness (QED) is 0.721. The van der Waals surface area contributed by atoms with Crippen molar-refractivity contribution in [2.75, 3.05) is 5.75 Å². The minimum atomic E-state index is -0.940. The normalized spacial score (nSPS) is 27.8. The average molecular weight is 232 g/mol. The lowest BCUT2D eigenvalue weighted by Crippen LogP contribution is -2.46.